The van der Waals surface area contributed by atoms with Crippen LogP contribution in [0.4, 0.5) is 0 Å². The summed E-state index contributed by atoms with van der Waals surface area (Å²) in [7, 11) is 1.90. The van der Waals surface area contributed by atoms with Crippen molar-refractivity contribution in [2.24, 2.45) is 0 Å². The van der Waals surface area contributed by atoms with E-state index in [4.69, 9.17) is 4.74 Å². The lowest BCUT2D eigenvalue weighted by Gasteiger charge is -2.15. The van der Waals surface area contributed by atoms with Crippen LogP contribution in [0.15, 0.2) is 18.5 Å². The zero-order chi connectivity index (χ0) is 11.5. The van der Waals surface area contributed by atoms with Crippen molar-refractivity contribution in [2.45, 2.75) is 20.0 Å². The van der Waals surface area contributed by atoms with Gasteiger partial charge in [0.25, 0.3) is 0 Å². The van der Waals surface area contributed by atoms with Gasteiger partial charge in [0.1, 0.15) is 12.4 Å². The third-order valence-corrected chi connectivity index (χ3v) is 2.30. The van der Waals surface area contributed by atoms with Gasteiger partial charge < -0.3 is 10.1 Å². The van der Waals surface area contributed by atoms with Crippen LogP contribution in [0.2, 0.25) is 0 Å². The van der Waals surface area contributed by atoms with E-state index in [1.165, 1.54) is 6.33 Å². The van der Waals surface area contributed by atoms with E-state index in [1.54, 1.807) is 4.52 Å². The Balaban J connectivity index is 2.31. The van der Waals surface area contributed by atoms with E-state index in [0.29, 0.717) is 0 Å². The van der Waals surface area contributed by atoms with Crippen molar-refractivity contribution in [1.82, 2.24) is 19.9 Å². The highest BCUT2D eigenvalue weighted by Gasteiger charge is 2.08. The van der Waals surface area contributed by atoms with E-state index < -0.39 is 0 Å². The molecule has 0 saturated carbocycles. The molecule has 16 heavy (non-hydrogen) atoms. The molecule has 0 radical (unpaired) electrons. The van der Waals surface area contributed by atoms with Crippen LogP contribution in [0.5, 0.6) is 5.88 Å². The molecule has 5 heteroatoms. The fourth-order valence-corrected chi connectivity index (χ4v) is 1.64. The molecule has 5 nitrogen and oxygen atoms in total. The molecule has 0 spiro atoms. The van der Waals surface area contributed by atoms with E-state index in [-0.39, 0.29) is 6.10 Å². The molecular weight excluding hydrogens is 204 g/mol. The minimum atomic E-state index is 0.0965. The van der Waals surface area contributed by atoms with Crippen molar-refractivity contribution >= 4 is 5.65 Å². The number of hydrogen-bond acceptors (Lipinski definition) is 4. The Hall–Kier alpha value is -1.62. The zero-order valence-electron chi connectivity index (χ0n) is 9.77. The molecule has 0 fully saturated rings. The Morgan fingerprint density at radius 2 is 2.31 bits per heavy atom. The number of rotatable bonds is 4. The molecule has 0 aromatic carbocycles. The second kappa shape index (κ2) is 4.49. The van der Waals surface area contributed by atoms with Crippen LogP contribution in [0, 0.1) is 6.92 Å². The first kappa shape index (κ1) is 10.9. The predicted octanol–water partition coefficient (Wildman–Crippen LogP) is 1.02. The number of aromatic nitrogens is 3. The number of ether oxygens (including phenoxy) is 1. The van der Waals surface area contributed by atoms with E-state index in [9.17, 15) is 0 Å². The van der Waals surface area contributed by atoms with Gasteiger partial charge in [0.05, 0.1) is 0 Å². The van der Waals surface area contributed by atoms with E-state index in [2.05, 4.69) is 15.4 Å². The lowest BCUT2D eigenvalue weighted by molar-refractivity contribution is 0.206. The van der Waals surface area contributed by atoms with Gasteiger partial charge in [-0.15, -0.1) is 0 Å². The van der Waals surface area contributed by atoms with Gasteiger partial charge in [0, 0.05) is 12.6 Å². The van der Waals surface area contributed by atoms with Crippen molar-refractivity contribution in [1.29, 1.82) is 0 Å². The molecule has 2 aromatic rings. The average Bonchev–Trinajstić information content (AvgIpc) is 2.65. The molecule has 0 saturated heterocycles. The molecule has 0 aliphatic rings. The summed E-state index contributed by atoms with van der Waals surface area (Å²) >= 11 is 0. The number of nitrogens with zero attached hydrogens (tertiary/aromatic N) is 3. The Morgan fingerprint density at radius 1 is 1.50 bits per heavy atom. The molecule has 1 unspecified atom stereocenters. The smallest absolute Gasteiger partial charge is 0.217 e. The number of pyridine rings is 1. The first-order chi connectivity index (χ1) is 7.70. The second-order valence-electron chi connectivity index (χ2n) is 3.89. The van der Waals surface area contributed by atoms with Crippen LogP contribution in [0.25, 0.3) is 5.65 Å². The van der Waals surface area contributed by atoms with Gasteiger partial charge in [-0.25, -0.2) is 4.98 Å². The van der Waals surface area contributed by atoms with Crippen LogP contribution in [-0.2, 0) is 0 Å². The Kier molecular flexibility index (Phi) is 3.05. The van der Waals surface area contributed by atoms with Crippen molar-refractivity contribution in [2.75, 3.05) is 13.6 Å². The van der Waals surface area contributed by atoms with Crippen LogP contribution >= 0.6 is 0 Å². The van der Waals surface area contributed by atoms with E-state index >= 15 is 0 Å². The largest absolute Gasteiger partial charge is 0.473 e. The van der Waals surface area contributed by atoms with Gasteiger partial charge in [0.2, 0.25) is 5.88 Å². The number of likely N-dealkylation sites (N-methyl/N-ethyl adjacent to an activating group) is 1. The van der Waals surface area contributed by atoms with Crippen molar-refractivity contribution in [3.05, 3.63) is 24.0 Å². The highest BCUT2D eigenvalue weighted by Crippen LogP contribution is 2.16. The lowest BCUT2D eigenvalue weighted by Crippen LogP contribution is -2.26. The first-order valence-corrected chi connectivity index (χ1v) is 5.32. The maximum absolute atomic E-state index is 5.81. The Labute approximate surface area is 94.4 Å². The predicted molar refractivity (Wildman–Crippen MR) is 61.7 cm³/mol. The topological polar surface area (TPSA) is 51.5 Å². The molecule has 1 N–H and O–H groups in total. The molecule has 0 amide bonds. The summed E-state index contributed by atoms with van der Waals surface area (Å²) in [5.41, 5.74) is 1.93. The Morgan fingerprint density at radius 3 is 3.06 bits per heavy atom. The summed E-state index contributed by atoms with van der Waals surface area (Å²) in [5.74, 6) is 0.732. The maximum atomic E-state index is 5.81. The molecule has 0 aliphatic heterocycles. The van der Waals surface area contributed by atoms with Crippen molar-refractivity contribution in [3.8, 4) is 5.88 Å². The molecule has 1 atom stereocenters. The average molecular weight is 220 g/mol. The van der Waals surface area contributed by atoms with Gasteiger partial charge >= 0.3 is 0 Å². The third kappa shape index (κ3) is 2.14. The normalized spacial score (nSPS) is 12.9. The van der Waals surface area contributed by atoms with Crippen LogP contribution < -0.4 is 10.1 Å². The van der Waals surface area contributed by atoms with Crippen molar-refractivity contribution < 1.29 is 4.74 Å². The van der Waals surface area contributed by atoms with Gasteiger partial charge in [-0.3, -0.25) is 0 Å². The Bertz CT molecular complexity index is 480. The zero-order valence-corrected chi connectivity index (χ0v) is 9.77. The molecular formula is C11H16N4O. The first-order valence-electron chi connectivity index (χ1n) is 5.32. The molecule has 2 rings (SSSR count). The van der Waals surface area contributed by atoms with Crippen molar-refractivity contribution in [3.63, 3.8) is 0 Å². The SMILES string of the molecule is CNCC(C)Oc1cc(C)cc2ncnn12. The molecule has 86 valence electrons. The maximum Gasteiger partial charge on any atom is 0.217 e. The number of fused-ring (bicyclic) bond motifs is 1. The minimum Gasteiger partial charge on any atom is -0.473 e. The quantitative estimate of drug-likeness (QED) is 0.836. The monoisotopic (exact) mass is 220 g/mol. The van der Waals surface area contributed by atoms with E-state index in [0.717, 1.165) is 23.6 Å². The summed E-state index contributed by atoms with van der Waals surface area (Å²) in [4.78, 5) is 4.15. The number of nitrogens with one attached hydrogen (secondary N) is 1. The summed E-state index contributed by atoms with van der Waals surface area (Å²) in [6, 6.07) is 3.94. The third-order valence-electron chi connectivity index (χ3n) is 2.30. The van der Waals surface area contributed by atoms with Gasteiger partial charge in [-0.1, -0.05) is 0 Å². The summed E-state index contributed by atoms with van der Waals surface area (Å²) < 4.78 is 7.51. The molecule has 2 heterocycles. The number of hydrogen-bond donors (Lipinski definition) is 1. The van der Waals surface area contributed by atoms with Crippen LogP contribution in [0.3, 0.4) is 0 Å². The summed E-state index contributed by atoms with van der Waals surface area (Å²) in [6.45, 7) is 4.83. The number of aryl methyl sites for hydroxylation is 1. The van der Waals surface area contributed by atoms with Crippen LogP contribution in [0.1, 0.15) is 12.5 Å². The second-order valence-corrected chi connectivity index (χ2v) is 3.89. The highest BCUT2D eigenvalue weighted by atomic mass is 16.5. The lowest BCUT2D eigenvalue weighted by atomic mass is 10.3. The van der Waals surface area contributed by atoms with E-state index in [1.807, 2.05) is 33.0 Å². The highest BCUT2D eigenvalue weighted by molar-refractivity contribution is 5.43. The molecule has 0 aliphatic carbocycles. The minimum absolute atomic E-state index is 0.0965. The molecule has 0 bridgehead atoms. The van der Waals surface area contributed by atoms with Crippen LogP contribution in [-0.4, -0.2) is 34.3 Å². The van der Waals surface area contributed by atoms with Gasteiger partial charge in [-0.05, 0) is 32.5 Å². The standard InChI is InChI=1S/C11H16N4O/c1-8-4-10-13-7-14-15(10)11(5-8)16-9(2)6-12-3/h4-5,7,9,12H,6H2,1-3H3. The summed E-state index contributed by atoms with van der Waals surface area (Å²) in [6.07, 6.45) is 1.63. The van der Waals surface area contributed by atoms with Gasteiger partial charge in [-0.2, -0.15) is 9.61 Å². The fourth-order valence-electron chi connectivity index (χ4n) is 1.64. The molecule has 2 aromatic heterocycles. The fraction of sp³-hybridized carbons (Fsp3) is 0.455. The summed E-state index contributed by atoms with van der Waals surface area (Å²) in [5, 5.41) is 7.21. The van der Waals surface area contributed by atoms with Gasteiger partial charge in [0.15, 0.2) is 5.65 Å².